The molecule has 2 aliphatic rings. The second-order valence-corrected chi connectivity index (χ2v) is 5.61. The van der Waals surface area contributed by atoms with Gasteiger partial charge in [0.25, 0.3) is 0 Å². The highest BCUT2D eigenvalue weighted by Gasteiger charge is 2.34. The summed E-state index contributed by atoms with van der Waals surface area (Å²) in [4.78, 5) is 0. The van der Waals surface area contributed by atoms with E-state index in [1.54, 1.807) is 5.56 Å². The number of benzene rings is 1. The van der Waals surface area contributed by atoms with Gasteiger partial charge in [-0.2, -0.15) is 11.8 Å². The van der Waals surface area contributed by atoms with Crippen LogP contribution in [0.2, 0.25) is 0 Å². The Balaban J connectivity index is 2.03. The van der Waals surface area contributed by atoms with Crippen LogP contribution in [0.15, 0.2) is 18.2 Å². The molecule has 2 atom stereocenters. The Labute approximate surface area is 95.6 Å². The van der Waals surface area contributed by atoms with Gasteiger partial charge in [-0.05, 0) is 29.7 Å². The van der Waals surface area contributed by atoms with Crippen LogP contribution >= 0.6 is 11.8 Å². The fraction of sp³-hybridized carbons (Fsp3) is 0.538. The molecule has 1 aromatic carbocycles. The summed E-state index contributed by atoms with van der Waals surface area (Å²) in [6.45, 7) is 2.24. The van der Waals surface area contributed by atoms with Crippen molar-refractivity contribution in [3.8, 4) is 0 Å². The second kappa shape index (κ2) is 3.75. The van der Waals surface area contributed by atoms with Crippen LogP contribution in [0.1, 0.15) is 30.4 Å². The standard InChI is InChI=1S/C13H17NS/c1-2-9-4-3-5-10-11-8-15-7-6-12(11)14-13(9)10/h3-5,11-12,14H,2,6-8H2,1H3. The summed E-state index contributed by atoms with van der Waals surface area (Å²) in [6, 6.07) is 7.52. The SMILES string of the molecule is CCc1cccc2c1NC1CCSCC21. The number of para-hydroxylation sites is 1. The first-order chi connectivity index (χ1) is 7.40. The normalized spacial score (nSPS) is 28.1. The lowest BCUT2D eigenvalue weighted by molar-refractivity contribution is 0.614. The van der Waals surface area contributed by atoms with Crippen LogP contribution in [0.3, 0.4) is 0 Å². The van der Waals surface area contributed by atoms with E-state index in [-0.39, 0.29) is 0 Å². The molecule has 1 nitrogen and oxygen atoms in total. The first kappa shape index (κ1) is 9.59. The molecule has 3 rings (SSSR count). The molecule has 0 spiro atoms. The van der Waals surface area contributed by atoms with Gasteiger partial charge < -0.3 is 5.32 Å². The van der Waals surface area contributed by atoms with E-state index in [1.807, 2.05) is 0 Å². The number of anilines is 1. The molecule has 15 heavy (non-hydrogen) atoms. The molecule has 0 radical (unpaired) electrons. The highest BCUT2D eigenvalue weighted by Crippen LogP contribution is 2.43. The summed E-state index contributed by atoms with van der Waals surface area (Å²) in [5, 5.41) is 3.74. The Morgan fingerprint density at radius 3 is 3.27 bits per heavy atom. The summed E-state index contributed by atoms with van der Waals surface area (Å²) in [6.07, 6.45) is 2.47. The Kier molecular flexibility index (Phi) is 2.39. The fourth-order valence-electron chi connectivity index (χ4n) is 2.80. The minimum absolute atomic E-state index is 0.717. The van der Waals surface area contributed by atoms with Gasteiger partial charge in [0.1, 0.15) is 0 Å². The number of rotatable bonds is 1. The first-order valence-corrected chi connectivity index (χ1v) is 7.01. The Morgan fingerprint density at radius 1 is 1.47 bits per heavy atom. The van der Waals surface area contributed by atoms with Gasteiger partial charge in [-0.25, -0.2) is 0 Å². The molecule has 2 aliphatic heterocycles. The number of fused-ring (bicyclic) bond motifs is 3. The van der Waals surface area contributed by atoms with Gasteiger partial charge in [0.15, 0.2) is 0 Å². The van der Waals surface area contributed by atoms with Crippen LogP contribution < -0.4 is 5.32 Å². The van der Waals surface area contributed by atoms with Crippen LogP contribution in [-0.2, 0) is 6.42 Å². The largest absolute Gasteiger partial charge is 0.381 e. The third-order valence-electron chi connectivity index (χ3n) is 3.65. The van der Waals surface area contributed by atoms with Gasteiger partial charge in [0.05, 0.1) is 0 Å². The van der Waals surface area contributed by atoms with Gasteiger partial charge in [-0.3, -0.25) is 0 Å². The average Bonchev–Trinajstić information content (AvgIpc) is 2.67. The molecule has 0 amide bonds. The van der Waals surface area contributed by atoms with Crippen LogP contribution in [0.4, 0.5) is 5.69 Å². The van der Waals surface area contributed by atoms with E-state index in [1.165, 1.54) is 29.2 Å². The molecule has 1 aromatic rings. The van der Waals surface area contributed by atoms with E-state index in [0.29, 0.717) is 6.04 Å². The van der Waals surface area contributed by atoms with Crippen molar-refractivity contribution in [2.45, 2.75) is 31.7 Å². The second-order valence-electron chi connectivity index (χ2n) is 4.46. The van der Waals surface area contributed by atoms with Crippen molar-refractivity contribution in [1.82, 2.24) is 0 Å². The maximum atomic E-state index is 3.74. The molecule has 1 N–H and O–H groups in total. The fourth-order valence-corrected chi connectivity index (χ4v) is 4.06. The van der Waals surface area contributed by atoms with Crippen molar-refractivity contribution < 1.29 is 0 Å². The molecule has 0 aromatic heterocycles. The van der Waals surface area contributed by atoms with Crippen molar-refractivity contribution in [1.29, 1.82) is 0 Å². The highest BCUT2D eigenvalue weighted by molar-refractivity contribution is 7.99. The Hall–Kier alpha value is -0.630. The number of thioether (sulfide) groups is 1. The van der Waals surface area contributed by atoms with Crippen LogP contribution in [0.25, 0.3) is 0 Å². The first-order valence-electron chi connectivity index (χ1n) is 5.86. The smallest absolute Gasteiger partial charge is 0.0411 e. The molecule has 1 fully saturated rings. The van der Waals surface area contributed by atoms with E-state index < -0.39 is 0 Å². The van der Waals surface area contributed by atoms with Crippen LogP contribution in [0.5, 0.6) is 0 Å². The maximum absolute atomic E-state index is 3.74. The summed E-state index contributed by atoms with van der Waals surface area (Å²) >= 11 is 2.11. The van der Waals surface area contributed by atoms with Crippen molar-refractivity contribution in [3.05, 3.63) is 29.3 Å². The van der Waals surface area contributed by atoms with Gasteiger partial charge >= 0.3 is 0 Å². The summed E-state index contributed by atoms with van der Waals surface area (Å²) in [5.74, 6) is 3.40. The molecular formula is C13H17NS. The minimum Gasteiger partial charge on any atom is -0.381 e. The molecule has 2 heteroatoms. The lowest BCUT2D eigenvalue weighted by Gasteiger charge is -2.24. The quantitative estimate of drug-likeness (QED) is 0.778. The number of hydrogen-bond donors (Lipinski definition) is 1. The number of nitrogens with one attached hydrogen (secondary N) is 1. The topological polar surface area (TPSA) is 12.0 Å². The lowest BCUT2D eigenvalue weighted by atomic mass is 9.94. The molecule has 0 bridgehead atoms. The van der Waals surface area contributed by atoms with E-state index in [4.69, 9.17) is 0 Å². The zero-order valence-electron chi connectivity index (χ0n) is 9.12. The Bertz CT molecular complexity index is 375. The van der Waals surface area contributed by atoms with Crippen molar-refractivity contribution in [2.75, 3.05) is 16.8 Å². The molecular weight excluding hydrogens is 202 g/mol. The van der Waals surface area contributed by atoms with Crippen LogP contribution in [-0.4, -0.2) is 17.5 Å². The Morgan fingerprint density at radius 2 is 2.40 bits per heavy atom. The molecule has 1 saturated heterocycles. The molecule has 2 heterocycles. The maximum Gasteiger partial charge on any atom is 0.0411 e. The van der Waals surface area contributed by atoms with E-state index in [2.05, 4.69) is 42.2 Å². The van der Waals surface area contributed by atoms with Crippen LogP contribution in [0, 0.1) is 0 Å². The zero-order chi connectivity index (χ0) is 10.3. The molecule has 0 aliphatic carbocycles. The van der Waals surface area contributed by atoms with Gasteiger partial charge in [-0.15, -0.1) is 0 Å². The van der Waals surface area contributed by atoms with Crippen molar-refractivity contribution in [3.63, 3.8) is 0 Å². The molecule has 2 unspecified atom stereocenters. The summed E-state index contributed by atoms with van der Waals surface area (Å²) in [5.41, 5.74) is 4.52. The van der Waals surface area contributed by atoms with Gasteiger partial charge in [-0.1, -0.05) is 25.1 Å². The zero-order valence-corrected chi connectivity index (χ0v) is 9.94. The third kappa shape index (κ3) is 1.46. The van der Waals surface area contributed by atoms with E-state index >= 15 is 0 Å². The van der Waals surface area contributed by atoms with Gasteiger partial charge in [0, 0.05) is 23.4 Å². The van der Waals surface area contributed by atoms with Gasteiger partial charge in [0.2, 0.25) is 0 Å². The minimum atomic E-state index is 0.717. The lowest BCUT2D eigenvalue weighted by Crippen LogP contribution is -2.26. The summed E-state index contributed by atoms with van der Waals surface area (Å²) in [7, 11) is 0. The number of hydrogen-bond acceptors (Lipinski definition) is 2. The van der Waals surface area contributed by atoms with E-state index in [9.17, 15) is 0 Å². The average molecular weight is 219 g/mol. The van der Waals surface area contributed by atoms with E-state index in [0.717, 1.165) is 12.3 Å². The predicted octanol–water partition coefficient (Wildman–Crippen LogP) is 3.26. The number of aryl methyl sites for hydroxylation is 1. The van der Waals surface area contributed by atoms with Crippen molar-refractivity contribution in [2.24, 2.45) is 0 Å². The van der Waals surface area contributed by atoms with Crippen molar-refractivity contribution >= 4 is 17.4 Å². The molecule has 80 valence electrons. The summed E-state index contributed by atoms with van der Waals surface area (Å²) < 4.78 is 0. The predicted molar refractivity (Wildman–Crippen MR) is 67.9 cm³/mol. The molecule has 0 saturated carbocycles. The highest BCUT2D eigenvalue weighted by atomic mass is 32.2. The monoisotopic (exact) mass is 219 g/mol. The third-order valence-corrected chi connectivity index (χ3v) is 4.77.